The van der Waals surface area contributed by atoms with Gasteiger partial charge in [-0.15, -0.1) is 11.3 Å². The second-order valence-corrected chi connectivity index (χ2v) is 6.91. The van der Waals surface area contributed by atoms with E-state index in [4.69, 9.17) is 4.74 Å². The van der Waals surface area contributed by atoms with E-state index in [0.717, 1.165) is 24.0 Å². The number of aliphatic imine (C=N–C) groups is 1. The molecule has 1 aromatic carbocycles. The van der Waals surface area contributed by atoms with Crippen LogP contribution in [0.1, 0.15) is 4.88 Å². The van der Waals surface area contributed by atoms with Crippen LogP contribution in [-0.2, 0) is 0 Å². The van der Waals surface area contributed by atoms with Gasteiger partial charge in [0.15, 0.2) is 5.17 Å². The van der Waals surface area contributed by atoms with E-state index in [-0.39, 0.29) is 0 Å². The summed E-state index contributed by atoms with van der Waals surface area (Å²) in [6.07, 6.45) is 1.93. The second-order valence-electron chi connectivity index (χ2n) is 4.82. The fraction of sp³-hybridized carbons (Fsp3) is 0.188. The number of ether oxygens (including phenoxy) is 1. The van der Waals surface area contributed by atoms with Crippen LogP contribution >= 0.6 is 23.1 Å². The van der Waals surface area contributed by atoms with Crippen LogP contribution in [0.15, 0.2) is 46.8 Å². The van der Waals surface area contributed by atoms with Gasteiger partial charge in [0.05, 0.1) is 24.2 Å². The topological polar surface area (TPSA) is 24.8 Å². The highest BCUT2D eigenvalue weighted by Gasteiger charge is 2.32. The Labute approximate surface area is 131 Å². The van der Waals surface area contributed by atoms with Crippen LogP contribution in [0, 0.1) is 0 Å². The van der Waals surface area contributed by atoms with Crippen molar-refractivity contribution in [2.24, 2.45) is 4.99 Å². The number of benzene rings is 1. The predicted octanol–water partition coefficient (Wildman–Crippen LogP) is 4.18. The number of amidine groups is 1. The number of fused-ring (bicyclic) bond motifs is 2. The molecular formula is C16H14N2OS2. The fourth-order valence-corrected chi connectivity index (χ4v) is 4.98. The Balaban J connectivity index is 1.89. The highest BCUT2D eigenvalue weighted by atomic mass is 32.2. The van der Waals surface area contributed by atoms with Gasteiger partial charge in [-0.3, -0.25) is 4.99 Å². The Kier molecular flexibility index (Phi) is 3.05. The van der Waals surface area contributed by atoms with Crippen LogP contribution in [0.2, 0.25) is 0 Å². The van der Waals surface area contributed by atoms with Gasteiger partial charge in [0.1, 0.15) is 5.75 Å². The summed E-state index contributed by atoms with van der Waals surface area (Å²) < 4.78 is 6.72. The number of rotatable bonds is 3. The summed E-state index contributed by atoms with van der Waals surface area (Å²) in [5, 5.41) is 2.27. The average Bonchev–Trinajstić information content (AvgIpc) is 3.18. The van der Waals surface area contributed by atoms with Gasteiger partial charge in [0.25, 0.3) is 0 Å². The zero-order valence-electron chi connectivity index (χ0n) is 11.6. The summed E-state index contributed by atoms with van der Waals surface area (Å²) in [7, 11) is 1.72. The van der Waals surface area contributed by atoms with Gasteiger partial charge in [-0.25, -0.2) is 0 Å². The van der Waals surface area contributed by atoms with Crippen molar-refractivity contribution < 1.29 is 4.74 Å². The lowest BCUT2D eigenvalue weighted by Crippen LogP contribution is -2.19. The van der Waals surface area contributed by atoms with Gasteiger partial charge in [-0.2, -0.15) is 0 Å². The molecule has 0 spiro atoms. The van der Waals surface area contributed by atoms with Crippen molar-refractivity contribution in [3.63, 3.8) is 0 Å². The lowest BCUT2D eigenvalue weighted by atomic mass is 10.2. The largest absolute Gasteiger partial charge is 0.496 e. The average molecular weight is 314 g/mol. The monoisotopic (exact) mass is 314 g/mol. The van der Waals surface area contributed by atoms with Crippen molar-refractivity contribution >= 4 is 44.0 Å². The molecule has 0 atom stereocenters. The minimum Gasteiger partial charge on any atom is -0.496 e. The SMILES string of the molecule is C=CC1=C(c2cc3c(OC)cccc3s2)N2CCN=C2S1. The molecule has 2 aliphatic rings. The molecule has 3 nitrogen and oxygen atoms in total. The number of methoxy groups -OCH3 is 1. The first kappa shape index (κ1) is 13.0. The van der Waals surface area contributed by atoms with Crippen molar-refractivity contribution in [1.82, 2.24) is 4.90 Å². The molecular weight excluding hydrogens is 300 g/mol. The smallest absolute Gasteiger partial charge is 0.168 e. The molecule has 2 aliphatic heterocycles. The zero-order valence-corrected chi connectivity index (χ0v) is 13.3. The Bertz CT molecular complexity index is 804. The van der Waals surface area contributed by atoms with E-state index in [1.165, 1.54) is 25.6 Å². The Morgan fingerprint density at radius 1 is 1.43 bits per heavy atom. The Hall–Kier alpha value is -1.72. The van der Waals surface area contributed by atoms with Crippen molar-refractivity contribution in [3.8, 4) is 5.75 Å². The van der Waals surface area contributed by atoms with E-state index >= 15 is 0 Å². The van der Waals surface area contributed by atoms with Crippen molar-refractivity contribution in [2.45, 2.75) is 0 Å². The molecule has 1 aromatic heterocycles. The summed E-state index contributed by atoms with van der Waals surface area (Å²) in [6, 6.07) is 8.41. The third-order valence-electron chi connectivity index (χ3n) is 3.67. The maximum atomic E-state index is 5.47. The van der Waals surface area contributed by atoms with Gasteiger partial charge < -0.3 is 9.64 Å². The summed E-state index contributed by atoms with van der Waals surface area (Å²) in [6.45, 7) is 5.79. The molecule has 2 aromatic rings. The maximum absolute atomic E-state index is 5.47. The van der Waals surface area contributed by atoms with Crippen molar-refractivity contribution in [1.29, 1.82) is 0 Å². The molecule has 0 unspecified atom stereocenters. The number of nitrogens with zero attached hydrogens (tertiary/aromatic N) is 2. The zero-order chi connectivity index (χ0) is 14.4. The minimum absolute atomic E-state index is 0.879. The number of allylic oxidation sites excluding steroid dienone is 1. The van der Waals surface area contributed by atoms with E-state index in [1.54, 1.807) is 30.2 Å². The summed E-state index contributed by atoms with van der Waals surface area (Å²) in [5.74, 6) is 0.928. The third kappa shape index (κ3) is 1.92. The minimum atomic E-state index is 0.879. The van der Waals surface area contributed by atoms with Gasteiger partial charge in [0, 0.05) is 21.5 Å². The second kappa shape index (κ2) is 4.93. The molecule has 0 N–H and O–H groups in total. The van der Waals surface area contributed by atoms with Gasteiger partial charge >= 0.3 is 0 Å². The number of hydrogen-bond acceptors (Lipinski definition) is 5. The first-order chi connectivity index (χ1) is 10.3. The van der Waals surface area contributed by atoms with E-state index in [1.807, 2.05) is 18.2 Å². The van der Waals surface area contributed by atoms with Crippen LogP contribution < -0.4 is 4.74 Å². The van der Waals surface area contributed by atoms with Crippen LogP contribution in [0.5, 0.6) is 5.75 Å². The maximum Gasteiger partial charge on any atom is 0.168 e. The predicted molar refractivity (Wildman–Crippen MR) is 92.1 cm³/mol. The molecule has 106 valence electrons. The Morgan fingerprint density at radius 3 is 3.14 bits per heavy atom. The first-order valence-corrected chi connectivity index (χ1v) is 8.38. The van der Waals surface area contributed by atoms with E-state index in [9.17, 15) is 0 Å². The van der Waals surface area contributed by atoms with E-state index in [2.05, 4.69) is 28.6 Å². The number of hydrogen-bond donors (Lipinski definition) is 0. The standard InChI is InChI=1S/C16H14N2OS2/c1-3-12-15(18-8-7-17-16(18)21-12)14-9-10-11(19-2)5-4-6-13(10)20-14/h3-6,9H,1,7-8H2,2H3. The van der Waals surface area contributed by atoms with Crippen LogP contribution in [0.4, 0.5) is 0 Å². The van der Waals surface area contributed by atoms with Crippen LogP contribution in [0.25, 0.3) is 15.8 Å². The van der Waals surface area contributed by atoms with Crippen molar-refractivity contribution in [3.05, 3.63) is 46.7 Å². The molecule has 0 saturated heterocycles. The molecule has 5 heteroatoms. The van der Waals surface area contributed by atoms with Gasteiger partial charge in [0.2, 0.25) is 0 Å². The van der Waals surface area contributed by atoms with Crippen LogP contribution in [-0.4, -0.2) is 30.3 Å². The van der Waals surface area contributed by atoms with Crippen molar-refractivity contribution in [2.75, 3.05) is 20.2 Å². The van der Waals surface area contributed by atoms with Gasteiger partial charge in [-0.05, 0) is 30.0 Å². The fourth-order valence-electron chi connectivity index (χ4n) is 2.72. The lowest BCUT2D eigenvalue weighted by Gasteiger charge is -2.15. The summed E-state index contributed by atoms with van der Waals surface area (Å²) >= 11 is 3.51. The lowest BCUT2D eigenvalue weighted by molar-refractivity contribution is 0.420. The normalized spacial score (nSPS) is 17.4. The molecule has 0 bridgehead atoms. The third-order valence-corrected chi connectivity index (χ3v) is 5.89. The summed E-state index contributed by atoms with van der Waals surface area (Å²) in [5.41, 5.74) is 1.24. The number of thiophene rings is 1. The van der Waals surface area contributed by atoms with Gasteiger partial charge in [-0.1, -0.05) is 18.7 Å². The molecule has 3 heterocycles. The first-order valence-electron chi connectivity index (χ1n) is 6.75. The molecule has 0 saturated carbocycles. The molecule has 0 amide bonds. The van der Waals surface area contributed by atoms with Crippen LogP contribution in [0.3, 0.4) is 0 Å². The molecule has 0 aliphatic carbocycles. The quantitative estimate of drug-likeness (QED) is 0.849. The number of thioether (sulfide) groups is 1. The Morgan fingerprint density at radius 2 is 2.33 bits per heavy atom. The highest BCUT2D eigenvalue weighted by Crippen LogP contribution is 2.46. The molecule has 0 fully saturated rings. The van der Waals surface area contributed by atoms with E-state index in [0.29, 0.717) is 0 Å². The highest BCUT2D eigenvalue weighted by molar-refractivity contribution is 8.17. The summed E-state index contributed by atoms with van der Waals surface area (Å²) in [4.78, 5) is 9.31. The molecule has 21 heavy (non-hydrogen) atoms. The molecule has 0 radical (unpaired) electrons. The van der Waals surface area contributed by atoms with E-state index < -0.39 is 0 Å². The molecule has 4 rings (SSSR count).